The molecule has 3 nitrogen and oxygen atoms in total. The summed E-state index contributed by atoms with van der Waals surface area (Å²) in [4.78, 5) is 0. The lowest BCUT2D eigenvalue weighted by Gasteiger charge is -2.23. The van der Waals surface area contributed by atoms with E-state index < -0.39 is 0 Å². The summed E-state index contributed by atoms with van der Waals surface area (Å²) in [6, 6.07) is 6.66. The van der Waals surface area contributed by atoms with Crippen LogP contribution in [-0.4, -0.2) is 19.1 Å². The molecule has 0 amide bonds. The van der Waals surface area contributed by atoms with E-state index in [9.17, 15) is 0 Å². The molecule has 0 bridgehead atoms. The van der Waals surface area contributed by atoms with Crippen molar-refractivity contribution in [2.75, 3.05) is 13.1 Å². The van der Waals surface area contributed by atoms with Gasteiger partial charge in [0.15, 0.2) is 0 Å². The predicted molar refractivity (Wildman–Crippen MR) is 76.7 cm³/mol. The zero-order valence-electron chi connectivity index (χ0n) is 10.7. The SMILES string of the molecule is NCc1cc(Cl)cc(CNCC2CCCCN2)c1. The van der Waals surface area contributed by atoms with Crippen LogP contribution in [0.2, 0.25) is 5.02 Å². The van der Waals surface area contributed by atoms with Crippen molar-refractivity contribution in [3.63, 3.8) is 0 Å². The molecule has 1 aliphatic heterocycles. The fourth-order valence-electron chi connectivity index (χ4n) is 2.43. The van der Waals surface area contributed by atoms with Crippen molar-refractivity contribution in [2.24, 2.45) is 5.73 Å². The maximum absolute atomic E-state index is 6.06. The molecule has 0 aromatic heterocycles. The van der Waals surface area contributed by atoms with E-state index in [2.05, 4.69) is 16.7 Å². The Bertz CT molecular complexity index is 375. The monoisotopic (exact) mass is 267 g/mol. The summed E-state index contributed by atoms with van der Waals surface area (Å²) >= 11 is 6.06. The standard InChI is InChI=1S/C14H22ClN3/c15-13-6-11(8-16)5-12(7-13)9-17-10-14-3-1-2-4-18-14/h5-7,14,17-18H,1-4,8-10,16H2. The quantitative estimate of drug-likeness (QED) is 0.765. The maximum Gasteiger partial charge on any atom is 0.0412 e. The number of nitrogens with one attached hydrogen (secondary N) is 2. The van der Waals surface area contributed by atoms with Crippen molar-refractivity contribution >= 4 is 11.6 Å². The number of nitrogens with two attached hydrogens (primary N) is 1. The van der Waals surface area contributed by atoms with E-state index in [0.29, 0.717) is 12.6 Å². The van der Waals surface area contributed by atoms with Gasteiger partial charge in [-0.1, -0.05) is 24.1 Å². The van der Waals surface area contributed by atoms with Crippen LogP contribution in [-0.2, 0) is 13.1 Å². The molecular formula is C14H22ClN3. The van der Waals surface area contributed by atoms with E-state index in [1.165, 1.54) is 24.8 Å². The van der Waals surface area contributed by atoms with Crippen molar-refractivity contribution in [1.82, 2.24) is 10.6 Å². The average Bonchev–Trinajstić information content (AvgIpc) is 2.39. The van der Waals surface area contributed by atoms with Gasteiger partial charge in [-0.3, -0.25) is 0 Å². The maximum atomic E-state index is 6.06. The van der Waals surface area contributed by atoms with Gasteiger partial charge in [-0.25, -0.2) is 0 Å². The first-order valence-electron chi connectivity index (χ1n) is 6.70. The van der Waals surface area contributed by atoms with Crippen molar-refractivity contribution < 1.29 is 0 Å². The molecule has 1 fully saturated rings. The number of piperidine rings is 1. The largest absolute Gasteiger partial charge is 0.326 e. The van der Waals surface area contributed by atoms with Gasteiger partial charge in [-0.15, -0.1) is 0 Å². The van der Waals surface area contributed by atoms with E-state index in [-0.39, 0.29) is 0 Å². The number of rotatable bonds is 5. The van der Waals surface area contributed by atoms with Crippen LogP contribution in [0.4, 0.5) is 0 Å². The fourth-order valence-corrected chi connectivity index (χ4v) is 2.71. The van der Waals surface area contributed by atoms with Crippen LogP contribution >= 0.6 is 11.6 Å². The number of benzene rings is 1. The highest BCUT2D eigenvalue weighted by Crippen LogP contribution is 2.15. The van der Waals surface area contributed by atoms with Crippen LogP contribution in [0.5, 0.6) is 0 Å². The summed E-state index contributed by atoms with van der Waals surface area (Å²) in [5.41, 5.74) is 7.94. The van der Waals surface area contributed by atoms with Gasteiger partial charge in [0, 0.05) is 30.7 Å². The Hall–Kier alpha value is -0.610. The number of hydrogen-bond donors (Lipinski definition) is 3. The van der Waals surface area contributed by atoms with Crippen LogP contribution in [0.25, 0.3) is 0 Å². The summed E-state index contributed by atoms with van der Waals surface area (Å²) in [7, 11) is 0. The second-order valence-electron chi connectivity index (χ2n) is 4.95. The van der Waals surface area contributed by atoms with Crippen LogP contribution in [0.15, 0.2) is 18.2 Å². The minimum Gasteiger partial charge on any atom is -0.326 e. The normalized spacial score (nSPS) is 20.0. The third-order valence-electron chi connectivity index (χ3n) is 3.39. The van der Waals surface area contributed by atoms with Crippen LogP contribution in [0.3, 0.4) is 0 Å². The van der Waals surface area contributed by atoms with Crippen LogP contribution < -0.4 is 16.4 Å². The fraction of sp³-hybridized carbons (Fsp3) is 0.571. The van der Waals surface area contributed by atoms with Gasteiger partial charge in [0.05, 0.1) is 0 Å². The highest BCUT2D eigenvalue weighted by atomic mass is 35.5. The Morgan fingerprint density at radius 3 is 2.83 bits per heavy atom. The van der Waals surface area contributed by atoms with Gasteiger partial charge in [0.25, 0.3) is 0 Å². The summed E-state index contributed by atoms with van der Waals surface area (Å²) in [6.07, 6.45) is 3.93. The molecule has 0 aliphatic carbocycles. The van der Waals surface area contributed by atoms with Gasteiger partial charge in [-0.05, 0) is 42.6 Å². The Balaban J connectivity index is 1.80. The van der Waals surface area contributed by atoms with Crippen molar-refractivity contribution in [1.29, 1.82) is 0 Å². The number of hydrogen-bond acceptors (Lipinski definition) is 3. The van der Waals surface area contributed by atoms with Crippen molar-refractivity contribution in [3.05, 3.63) is 34.3 Å². The lowest BCUT2D eigenvalue weighted by atomic mass is 10.0. The second kappa shape index (κ2) is 7.10. The molecule has 100 valence electrons. The molecule has 1 unspecified atom stereocenters. The molecule has 0 radical (unpaired) electrons. The predicted octanol–water partition coefficient (Wildman–Crippen LogP) is 2.03. The molecule has 0 saturated carbocycles. The highest BCUT2D eigenvalue weighted by Gasteiger charge is 2.11. The minimum atomic E-state index is 0.539. The molecule has 1 atom stereocenters. The molecule has 1 aliphatic rings. The van der Waals surface area contributed by atoms with Crippen LogP contribution in [0, 0.1) is 0 Å². The van der Waals surface area contributed by atoms with E-state index in [0.717, 1.165) is 30.2 Å². The van der Waals surface area contributed by atoms with Crippen molar-refractivity contribution in [3.8, 4) is 0 Å². The Labute approximate surface area is 114 Å². The Kier molecular flexibility index (Phi) is 5.45. The first-order valence-corrected chi connectivity index (χ1v) is 7.08. The van der Waals surface area contributed by atoms with E-state index >= 15 is 0 Å². The lowest BCUT2D eigenvalue weighted by molar-refractivity contribution is 0.383. The zero-order valence-corrected chi connectivity index (χ0v) is 11.5. The first kappa shape index (κ1) is 13.8. The summed E-state index contributed by atoms with van der Waals surface area (Å²) in [5, 5.41) is 7.79. The molecule has 1 heterocycles. The Morgan fingerprint density at radius 1 is 1.28 bits per heavy atom. The van der Waals surface area contributed by atoms with Crippen molar-refractivity contribution in [2.45, 2.75) is 38.4 Å². The van der Waals surface area contributed by atoms with Gasteiger partial charge in [0.1, 0.15) is 0 Å². The molecule has 1 saturated heterocycles. The lowest BCUT2D eigenvalue weighted by Crippen LogP contribution is -2.41. The van der Waals surface area contributed by atoms with Gasteiger partial charge in [-0.2, -0.15) is 0 Å². The third kappa shape index (κ3) is 4.25. The third-order valence-corrected chi connectivity index (χ3v) is 3.60. The topological polar surface area (TPSA) is 50.1 Å². The van der Waals surface area contributed by atoms with E-state index in [4.69, 9.17) is 17.3 Å². The smallest absolute Gasteiger partial charge is 0.0412 e. The minimum absolute atomic E-state index is 0.539. The first-order chi connectivity index (χ1) is 8.78. The highest BCUT2D eigenvalue weighted by molar-refractivity contribution is 6.30. The zero-order chi connectivity index (χ0) is 12.8. The summed E-state index contributed by atoms with van der Waals surface area (Å²) in [5.74, 6) is 0. The molecule has 4 N–H and O–H groups in total. The van der Waals surface area contributed by atoms with Gasteiger partial charge >= 0.3 is 0 Å². The summed E-state index contributed by atoms with van der Waals surface area (Å²) in [6.45, 7) is 3.56. The van der Waals surface area contributed by atoms with E-state index in [1.54, 1.807) is 0 Å². The van der Waals surface area contributed by atoms with Gasteiger partial charge < -0.3 is 16.4 Å². The molecule has 1 aromatic carbocycles. The van der Waals surface area contributed by atoms with Gasteiger partial charge in [0.2, 0.25) is 0 Å². The molecular weight excluding hydrogens is 246 g/mol. The molecule has 0 spiro atoms. The molecule has 1 aromatic rings. The molecule has 18 heavy (non-hydrogen) atoms. The average molecular weight is 268 g/mol. The van der Waals surface area contributed by atoms with E-state index in [1.807, 2.05) is 12.1 Å². The summed E-state index contributed by atoms with van der Waals surface area (Å²) < 4.78 is 0. The molecule has 4 heteroatoms. The number of halogens is 1. The van der Waals surface area contributed by atoms with Crippen LogP contribution in [0.1, 0.15) is 30.4 Å². The molecule has 2 rings (SSSR count). The second-order valence-corrected chi connectivity index (χ2v) is 5.39. The Morgan fingerprint density at radius 2 is 2.11 bits per heavy atom.